The minimum atomic E-state index is -0.525. The van der Waals surface area contributed by atoms with E-state index in [0.717, 1.165) is 38.2 Å². The van der Waals surface area contributed by atoms with Crippen molar-refractivity contribution in [2.24, 2.45) is 0 Å². The van der Waals surface area contributed by atoms with Crippen molar-refractivity contribution in [3.05, 3.63) is 53.2 Å². The zero-order valence-corrected chi connectivity index (χ0v) is 14.0. The van der Waals surface area contributed by atoms with E-state index in [4.69, 9.17) is 13.9 Å². The van der Waals surface area contributed by atoms with Crippen LogP contribution < -0.4 is 10.4 Å². The fraction of sp³-hybridized carbons (Fsp3) is 0.368. The molecule has 2 aromatic rings. The highest BCUT2D eigenvalue weighted by atomic mass is 19.1. The number of carbonyl (C=O) groups excluding carboxylic acids is 1. The van der Waals surface area contributed by atoms with Crippen LogP contribution >= 0.6 is 0 Å². The summed E-state index contributed by atoms with van der Waals surface area (Å²) in [6.45, 7) is 4.16. The van der Waals surface area contributed by atoms with E-state index in [1.54, 1.807) is 0 Å². The van der Waals surface area contributed by atoms with Crippen molar-refractivity contribution in [3.8, 4) is 5.75 Å². The normalized spacial score (nSPS) is 10.6. The largest absolute Gasteiger partial charge is 0.493 e. The number of benzene rings is 1. The molecule has 0 radical (unpaired) electrons. The lowest BCUT2D eigenvalue weighted by Crippen LogP contribution is -2.04. The third-order valence-electron chi connectivity index (χ3n) is 3.62. The molecule has 6 heteroatoms. The molecule has 0 atom stereocenters. The topological polar surface area (TPSA) is 65.7 Å². The van der Waals surface area contributed by atoms with Crippen LogP contribution in [0.5, 0.6) is 5.75 Å². The van der Waals surface area contributed by atoms with Crippen LogP contribution in [0.1, 0.15) is 32.1 Å². The number of rotatable bonds is 10. The summed E-state index contributed by atoms with van der Waals surface area (Å²) in [5.41, 5.74) is -0.221. The van der Waals surface area contributed by atoms with Crippen LogP contribution in [0.25, 0.3) is 11.0 Å². The van der Waals surface area contributed by atoms with Gasteiger partial charge in [-0.2, -0.15) is 0 Å². The molecule has 5 nitrogen and oxygen atoms in total. The van der Waals surface area contributed by atoms with Crippen LogP contribution in [0.2, 0.25) is 0 Å². The van der Waals surface area contributed by atoms with E-state index in [-0.39, 0.29) is 0 Å². The number of hydrogen-bond donors (Lipinski definition) is 0. The van der Waals surface area contributed by atoms with E-state index in [1.165, 1.54) is 24.3 Å². The van der Waals surface area contributed by atoms with Crippen molar-refractivity contribution in [2.75, 3.05) is 13.2 Å². The smallest absolute Gasteiger partial charge is 0.339 e. The number of unbranched alkanes of at least 4 members (excludes halogenated alkanes) is 4. The molecule has 0 aliphatic heterocycles. The van der Waals surface area contributed by atoms with E-state index in [2.05, 4.69) is 6.58 Å². The monoisotopic (exact) mass is 348 g/mol. The minimum Gasteiger partial charge on any atom is -0.493 e. The average Bonchev–Trinajstić information content (AvgIpc) is 2.60. The van der Waals surface area contributed by atoms with Gasteiger partial charge in [0.1, 0.15) is 17.1 Å². The molecule has 0 spiro atoms. The van der Waals surface area contributed by atoms with Crippen molar-refractivity contribution in [2.45, 2.75) is 32.1 Å². The van der Waals surface area contributed by atoms with Crippen molar-refractivity contribution < 1.29 is 23.1 Å². The van der Waals surface area contributed by atoms with Crippen LogP contribution in [-0.2, 0) is 9.53 Å². The Hall–Kier alpha value is -2.63. The highest BCUT2D eigenvalue weighted by molar-refractivity contribution is 5.83. The summed E-state index contributed by atoms with van der Waals surface area (Å²) in [6, 6.07) is 5.17. The Morgan fingerprint density at radius 2 is 1.84 bits per heavy atom. The van der Waals surface area contributed by atoms with Crippen LogP contribution in [0.15, 0.2) is 46.1 Å². The van der Waals surface area contributed by atoms with Gasteiger partial charge in [-0.15, -0.1) is 0 Å². The standard InChI is InChI=1S/C19H21FO5/c1-2-18(21)24-11-7-5-3-4-6-10-23-17-13-19(22)25-16-9-8-14(20)12-15(16)17/h2,8-9,12-13H,1,3-7,10-11H2. The van der Waals surface area contributed by atoms with Crippen LogP contribution in [0, 0.1) is 5.82 Å². The Kier molecular flexibility index (Phi) is 7.19. The van der Waals surface area contributed by atoms with Crippen LogP contribution in [0.3, 0.4) is 0 Å². The molecule has 0 saturated carbocycles. The molecular weight excluding hydrogens is 327 g/mol. The van der Waals surface area contributed by atoms with Gasteiger partial charge in [0, 0.05) is 6.08 Å². The molecular formula is C19H21FO5. The Morgan fingerprint density at radius 1 is 1.12 bits per heavy atom. The summed E-state index contributed by atoms with van der Waals surface area (Å²) in [5.74, 6) is -0.477. The second-order valence-corrected chi connectivity index (χ2v) is 5.56. The summed E-state index contributed by atoms with van der Waals surface area (Å²) in [5, 5.41) is 0.448. The predicted molar refractivity (Wildman–Crippen MR) is 92.2 cm³/mol. The molecule has 0 saturated heterocycles. The number of esters is 1. The SMILES string of the molecule is C=CC(=O)OCCCCCCCOc1cc(=O)oc2ccc(F)cc12. The van der Waals surface area contributed by atoms with Crippen molar-refractivity contribution >= 4 is 16.9 Å². The Bertz CT molecular complexity index is 781. The molecule has 2 rings (SSSR count). The Labute approximate surface area is 145 Å². The summed E-state index contributed by atoms with van der Waals surface area (Å²) in [4.78, 5) is 22.4. The lowest BCUT2D eigenvalue weighted by molar-refractivity contribution is -0.137. The summed E-state index contributed by atoms with van der Waals surface area (Å²) in [6.07, 6.45) is 5.66. The second kappa shape index (κ2) is 9.61. The molecule has 0 unspecified atom stereocenters. The first-order valence-electron chi connectivity index (χ1n) is 8.25. The molecule has 0 amide bonds. The van der Waals surface area contributed by atoms with Crippen molar-refractivity contribution in [3.63, 3.8) is 0 Å². The first kappa shape index (κ1) is 18.7. The molecule has 0 aliphatic carbocycles. The Balaban J connectivity index is 1.71. The molecule has 1 aromatic heterocycles. The zero-order valence-electron chi connectivity index (χ0n) is 14.0. The lowest BCUT2D eigenvalue weighted by Gasteiger charge is -2.08. The maximum absolute atomic E-state index is 13.4. The zero-order chi connectivity index (χ0) is 18.1. The number of halogens is 1. The highest BCUT2D eigenvalue weighted by Crippen LogP contribution is 2.24. The maximum Gasteiger partial charge on any atom is 0.339 e. The predicted octanol–water partition coefficient (Wildman–Crippen LogP) is 3.99. The average molecular weight is 348 g/mol. The van der Waals surface area contributed by atoms with Gasteiger partial charge in [0.15, 0.2) is 0 Å². The van der Waals surface area contributed by atoms with Crippen LogP contribution in [0.4, 0.5) is 4.39 Å². The number of fused-ring (bicyclic) bond motifs is 1. The van der Waals surface area contributed by atoms with Gasteiger partial charge in [-0.1, -0.05) is 25.8 Å². The van der Waals surface area contributed by atoms with E-state index in [9.17, 15) is 14.0 Å². The van der Waals surface area contributed by atoms with Crippen LogP contribution in [-0.4, -0.2) is 19.2 Å². The van der Waals surface area contributed by atoms with Gasteiger partial charge >= 0.3 is 11.6 Å². The van der Waals surface area contributed by atoms with Gasteiger partial charge in [-0.3, -0.25) is 0 Å². The van der Waals surface area contributed by atoms with Crippen molar-refractivity contribution in [1.29, 1.82) is 0 Å². The lowest BCUT2D eigenvalue weighted by atomic mass is 10.1. The molecule has 0 N–H and O–H groups in total. The van der Waals surface area contributed by atoms with Crippen molar-refractivity contribution in [1.82, 2.24) is 0 Å². The van der Waals surface area contributed by atoms with E-state index in [0.29, 0.717) is 29.9 Å². The number of ether oxygens (including phenoxy) is 2. The molecule has 134 valence electrons. The Morgan fingerprint density at radius 3 is 2.60 bits per heavy atom. The molecule has 1 heterocycles. The van der Waals surface area contributed by atoms with Gasteiger partial charge in [0.25, 0.3) is 0 Å². The van der Waals surface area contributed by atoms with E-state index < -0.39 is 17.4 Å². The fourth-order valence-electron chi connectivity index (χ4n) is 2.37. The summed E-state index contributed by atoms with van der Waals surface area (Å²) < 4.78 is 28.9. The first-order valence-corrected chi connectivity index (χ1v) is 8.25. The first-order chi connectivity index (χ1) is 12.1. The summed E-state index contributed by atoms with van der Waals surface area (Å²) in [7, 11) is 0. The second-order valence-electron chi connectivity index (χ2n) is 5.56. The molecule has 0 fully saturated rings. The maximum atomic E-state index is 13.4. The number of carbonyl (C=O) groups is 1. The van der Waals surface area contributed by atoms with E-state index >= 15 is 0 Å². The van der Waals surface area contributed by atoms with Gasteiger partial charge in [-0.25, -0.2) is 14.0 Å². The van der Waals surface area contributed by atoms with Gasteiger partial charge in [-0.05, 0) is 31.0 Å². The third-order valence-corrected chi connectivity index (χ3v) is 3.62. The summed E-state index contributed by atoms with van der Waals surface area (Å²) >= 11 is 0. The van der Waals surface area contributed by atoms with Gasteiger partial charge in [0.05, 0.1) is 24.7 Å². The quantitative estimate of drug-likeness (QED) is 0.281. The number of hydrogen-bond acceptors (Lipinski definition) is 5. The van der Waals surface area contributed by atoms with Gasteiger partial charge < -0.3 is 13.9 Å². The van der Waals surface area contributed by atoms with Gasteiger partial charge in [0.2, 0.25) is 0 Å². The third kappa shape index (κ3) is 6.06. The molecule has 25 heavy (non-hydrogen) atoms. The highest BCUT2D eigenvalue weighted by Gasteiger charge is 2.08. The molecule has 1 aromatic carbocycles. The van der Waals surface area contributed by atoms with E-state index in [1.807, 2.05) is 0 Å². The molecule has 0 aliphatic rings. The molecule has 0 bridgehead atoms. The fourth-order valence-corrected chi connectivity index (χ4v) is 2.37. The minimum absolute atomic E-state index is 0.304.